The number of morpholine rings is 1. The minimum absolute atomic E-state index is 0.329. The van der Waals surface area contributed by atoms with E-state index in [1.54, 1.807) is 0 Å². The van der Waals surface area contributed by atoms with Crippen molar-refractivity contribution in [2.45, 2.75) is 58.4 Å². The summed E-state index contributed by atoms with van der Waals surface area (Å²) in [5.74, 6) is 0. The lowest BCUT2D eigenvalue weighted by molar-refractivity contribution is 0.00578. The Bertz CT molecular complexity index is 798. The Kier molecular flexibility index (Phi) is 4.83. The molecular weight excluding hydrogens is 341 g/mol. The van der Waals surface area contributed by atoms with Gasteiger partial charge in [0.2, 0.25) is 0 Å². The zero-order valence-electron chi connectivity index (χ0n) is 17.1. The number of benzene rings is 1. The number of rotatable bonds is 4. The Labute approximate surface area is 161 Å². The van der Waals surface area contributed by atoms with Gasteiger partial charge in [0.25, 0.3) is 0 Å². The largest absolute Gasteiger partial charge is 0.494 e. The fourth-order valence-corrected chi connectivity index (χ4v) is 3.76. The van der Waals surface area contributed by atoms with Crippen LogP contribution in [0.4, 0.5) is 0 Å². The van der Waals surface area contributed by atoms with Gasteiger partial charge in [0.1, 0.15) is 0 Å². The van der Waals surface area contributed by atoms with E-state index < -0.39 is 0 Å². The van der Waals surface area contributed by atoms with Crippen LogP contribution in [-0.2, 0) is 20.6 Å². The highest BCUT2D eigenvalue weighted by Crippen LogP contribution is 2.36. The Morgan fingerprint density at radius 1 is 1.11 bits per heavy atom. The molecule has 3 heterocycles. The number of nitrogens with zero attached hydrogens (tertiary/aromatic N) is 3. The van der Waals surface area contributed by atoms with Gasteiger partial charge in [-0.05, 0) is 46.1 Å². The number of aromatic nitrogens is 2. The average Bonchev–Trinajstić information content (AvgIpc) is 3.12. The van der Waals surface area contributed by atoms with Crippen molar-refractivity contribution in [2.75, 3.05) is 26.3 Å². The molecule has 1 aromatic heterocycles. The van der Waals surface area contributed by atoms with Gasteiger partial charge in [-0.25, -0.2) is 0 Å². The molecule has 6 nitrogen and oxygen atoms in total. The highest BCUT2D eigenvalue weighted by Gasteiger charge is 2.51. The van der Waals surface area contributed by atoms with E-state index in [2.05, 4.69) is 67.5 Å². The fourth-order valence-electron chi connectivity index (χ4n) is 3.76. The normalized spacial score (nSPS) is 23.8. The molecule has 0 bridgehead atoms. The molecule has 0 radical (unpaired) electrons. The van der Waals surface area contributed by atoms with Gasteiger partial charge in [0, 0.05) is 24.5 Å². The van der Waals surface area contributed by atoms with E-state index in [-0.39, 0.29) is 18.3 Å². The van der Waals surface area contributed by atoms with Crippen LogP contribution < -0.4 is 5.46 Å². The maximum absolute atomic E-state index is 6.18. The predicted octanol–water partition coefficient (Wildman–Crippen LogP) is 2.06. The van der Waals surface area contributed by atoms with Gasteiger partial charge < -0.3 is 14.0 Å². The van der Waals surface area contributed by atoms with Crippen molar-refractivity contribution in [1.29, 1.82) is 0 Å². The average molecular weight is 371 g/mol. The van der Waals surface area contributed by atoms with Gasteiger partial charge >= 0.3 is 7.12 Å². The zero-order valence-corrected chi connectivity index (χ0v) is 17.1. The maximum Gasteiger partial charge on any atom is 0.494 e. The summed E-state index contributed by atoms with van der Waals surface area (Å²) in [4.78, 5) is 2.47. The summed E-state index contributed by atoms with van der Waals surface area (Å²) in [5.41, 5.74) is 1.53. The van der Waals surface area contributed by atoms with Gasteiger partial charge in [-0.3, -0.25) is 9.58 Å². The van der Waals surface area contributed by atoms with E-state index >= 15 is 0 Å². The first-order valence-corrected chi connectivity index (χ1v) is 9.90. The minimum Gasteiger partial charge on any atom is -0.399 e. The first kappa shape index (κ1) is 18.9. The standard InChI is InChI=1S/C20H30BN3O3/c1-15(23-8-10-25-11-9-23)14-24-18-7-6-17(12-16(18)13-22-24)21-26-19(2,3)20(4,5)27-21/h6-7,12-13,15H,8-11,14H2,1-5H3. The van der Waals surface area contributed by atoms with Crippen LogP contribution in [0.25, 0.3) is 10.9 Å². The molecule has 2 fully saturated rings. The number of hydrogen-bond donors (Lipinski definition) is 0. The third-order valence-electron chi connectivity index (χ3n) is 6.30. The Hall–Kier alpha value is -1.41. The van der Waals surface area contributed by atoms with Gasteiger partial charge in [0.15, 0.2) is 0 Å². The molecule has 1 aromatic carbocycles. The quantitative estimate of drug-likeness (QED) is 0.770. The number of hydrogen-bond acceptors (Lipinski definition) is 5. The van der Waals surface area contributed by atoms with E-state index in [1.165, 1.54) is 0 Å². The van der Waals surface area contributed by atoms with Crippen molar-refractivity contribution < 1.29 is 14.0 Å². The van der Waals surface area contributed by atoms with E-state index in [1.807, 2.05) is 6.20 Å². The molecule has 2 aliphatic heterocycles. The van der Waals surface area contributed by atoms with Crippen LogP contribution in [0.5, 0.6) is 0 Å². The van der Waals surface area contributed by atoms with Crippen molar-refractivity contribution in [3.63, 3.8) is 0 Å². The van der Waals surface area contributed by atoms with Gasteiger partial charge in [-0.1, -0.05) is 12.1 Å². The molecule has 2 saturated heterocycles. The van der Waals surface area contributed by atoms with Crippen molar-refractivity contribution in [2.24, 2.45) is 0 Å². The fraction of sp³-hybridized carbons (Fsp3) is 0.650. The smallest absolute Gasteiger partial charge is 0.399 e. The van der Waals surface area contributed by atoms with E-state index in [0.717, 1.165) is 49.2 Å². The van der Waals surface area contributed by atoms with Crippen LogP contribution in [0.2, 0.25) is 0 Å². The highest BCUT2D eigenvalue weighted by atomic mass is 16.7. The molecule has 0 aliphatic carbocycles. The minimum atomic E-state index is -0.338. The summed E-state index contributed by atoms with van der Waals surface area (Å²) >= 11 is 0. The Balaban J connectivity index is 1.52. The van der Waals surface area contributed by atoms with Crippen LogP contribution in [0.3, 0.4) is 0 Å². The lowest BCUT2D eigenvalue weighted by Crippen LogP contribution is -2.44. The van der Waals surface area contributed by atoms with E-state index in [0.29, 0.717) is 6.04 Å². The summed E-state index contributed by atoms with van der Waals surface area (Å²) < 4.78 is 19.9. The highest BCUT2D eigenvalue weighted by molar-refractivity contribution is 6.62. The van der Waals surface area contributed by atoms with E-state index in [9.17, 15) is 0 Å². The Morgan fingerprint density at radius 2 is 1.78 bits per heavy atom. The van der Waals surface area contributed by atoms with Crippen LogP contribution in [0, 0.1) is 0 Å². The third kappa shape index (κ3) is 3.54. The first-order valence-electron chi connectivity index (χ1n) is 9.90. The summed E-state index contributed by atoms with van der Waals surface area (Å²) in [6.07, 6.45) is 1.94. The molecule has 146 valence electrons. The van der Waals surface area contributed by atoms with Crippen molar-refractivity contribution in [3.05, 3.63) is 24.4 Å². The zero-order chi connectivity index (χ0) is 19.2. The lowest BCUT2D eigenvalue weighted by atomic mass is 9.79. The van der Waals surface area contributed by atoms with E-state index in [4.69, 9.17) is 14.0 Å². The summed E-state index contributed by atoms with van der Waals surface area (Å²) in [7, 11) is -0.338. The lowest BCUT2D eigenvalue weighted by Gasteiger charge is -2.32. The second-order valence-corrected chi connectivity index (χ2v) is 8.73. The molecular formula is C20H30BN3O3. The monoisotopic (exact) mass is 371 g/mol. The number of ether oxygens (including phenoxy) is 1. The van der Waals surface area contributed by atoms with Gasteiger partial charge in [-0.15, -0.1) is 0 Å². The topological polar surface area (TPSA) is 48.8 Å². The second-order valence-electron chi connectivity index (χ2n) is 8.73. The molecule has 0 saturated carbocycles. The molecule has 2 aromatic rings. The maximum atomic E-state index is 6.18. The molecule has 1 atom stereocenters. The second kappa shape index (κ2) is 6.89. The van der Waals surface area contributed by atoms with Crippen molar-refractivity contribution in [1.82, 2.24) is 14.7 Å². The van der Waals surface area contributed by atoms with Crippen LogP contribution in [0.1, 0.15) is 34.6 Å². The predicted molar refractivity (Wildman–Crippen MR) is 107 cm³/mol. The number of fused-ring (bicyclic) bond motifs is 1. The third-order valence-corrected chi connectivity index (χ3v) is 6.30. The van der Waals surface area contributed by atoms with Crippen molar-refractivity contribution >= 4 is 23.5 Å². The SMILES string of the molecule is CC(Cn1ncc2cc(B3OC(C)(C)C(C)(C)O3)ccc21)N1CCOCC1. The summed E-state index contributed by atoms with van der Waals surface area (Å²) in [6.45, 7) is 15.1. The van der Waals surface area contributed by atoms with Crippen LogP contribution in [0.15, 0.2) is 24.4 Å². The summed E-state index contributed by atoms with van der Waals surface area (Å²) in [5, 5.41) is 5.75. The van der Waals surface area contributed by atoms with Crippen molar-refractivity contribution in [3.8, 4) is 0 Å². The molecule has 1 unspecified atom stereocenters. The van der Waals surface area contributed by atoms with Gasteiger partial charge in [0.05, 0.1) is 42.7 Å². The molecule has 2 aliphatic rings. The molecule has 0 amide bonds. The van der Waals surface area contributed by atoms with Crippen LogP contribution in [-0.4, -0.2) is 65.3 Å². The van der Waals surface area contributed by atoms with Gasteiger partial charge in [-0.2, -0.15) is 5.10 Å². The summed E-state index contributed by atoms with van der Waals surface area (Å²) in [6, 6.07) is 6.80. The molecule has 27 heavy (non-hydrogen) atoms. The molecule has 4 rings (SSSR count). The van der Waals surface area contributed by atoms with Crippen LogP contribution >= 0.6 is 0 Å². The molecule has 0 N–H and O–H groups in total. The Morgan fingerprint density at radius 3 is 2.44 bits per heavy atom. The molecule has 0 spiro atoms. The first-order chi connectivity index (χ1) is 12.8. The molecule has 7 heteroatoms.